The number of thioether (sulfide) groups is 1. The van der Waals surface area contributed by atoms with E-state index in [1.807, 2.05) is 76.2 Å². The van der Waals surface area contributed by atoms with E-state index in [0.29, 0.717) is 41.4 Å². The summed E-state index contributed by atoms with van der Waals surface area (Å²) in [6.45, 7) is 13.0. The first-order valence-electron chi connectivity index (χ1n) is 14.7. The summed E-state index contributed by atoms with van der Waals surface area (Å²) in [6.07, 6.45) is 1.01. The molecule has 0 radical (unpaired) electrons. The number of aryl methyl sites for hydroxylation is 2. The van der Waals surface area contributed by atoms with Crippen molar-refractivity contribution in [2.24, 2.45) is 0 Å². The maximum absolute atomic E-state index is 14.0. The summed E-state index contributed by atoms with van der Waals surface area (Å²) in [6, 6.07) is 19.5. The molecule has 1 unspecified atom stereocenters. The van der Waals surface area contributed by atoms with Gasteiger partial charge in [0.15, 0.2) is 11.5 Å². The third kappa shape index (κ3) is 6.72. The minimum absolute atomic E-state index is 0.203. The molecule has 0 saturated carbocycles. The van der Waals surface area contributed by atoms with E-state index in [0.717, 1.165) is 45.8 Å². The number of fused-ring (bicyclic) bond motifs is 1. The zero-order valence-electron chi connectivity index (χ0n) is 25.7. The molecule has 224 valence electrons. The van der Waals surface area contributed by atoms with Crippen LogP contribution in [0.4, 0.5) is 11.6 Å². The summed E-state index contributed by atoms with van der Waals surface area (Å²) in [5, 5.41) is 12.0. The molecule has 2 N–H and O–H groups in total. The second-order valence-corrected chi connectivity index (χ2v) is 11.8. The molecule has 9 heteroatoms. The lowest BCUT2D eigenvalue weighted by Gasteiger charge is -2.29. The highest BCUT2D eigenvalue weighted by molar-refractivity contribution is 7.99. The molecule has 0 bridgehead atoms. The van der Waals surface area contributed by atoms with Gasteiger partial charge in [0, 0.05) is 17.1 Å². The van der Waals surface area contributed by atoms with Gasteiger partial charge < -0.3 is 20.1 Å². The molecule has 8 nitrogen and oxygen atoms in total. The highest BCUT2D eigenvalue weighted by atomic mass is 32.2. The fourth-order valence-electron chi connectivity index (χ4n) is 5.11. The molecule has 0 fully saturated rings. The molecule has 0 aliphatic carbocycles. The molecule has 1 aromatic heterocycles. The number of carbonyl (C=O) groups is 1. The molecule has 0 spiro atoms. The summed E-state index contributed by atoms with van der Waals surface area (Å²) in [7, 11) is 0. The van der Waals surface area contributed by atoms with Crippen molar-refractivity contribution in [3.8, 4) is 11.5 Å². The van der Waals surface area contributed by atoms with E-state index in [1.165, 1.54) is 5.56 Å². The van der Waals surface area contributed by atoms with Crippen LogP contribution in [0.25, 0.3) is 0 Å². The fourth-order valence-corrected chi connectivity index (χ4v) is 5.79. The fraction of sp³-hybridized carbons (Fsp3) is 0.324. The van der Waals surface area contributed by atoms with E-state index in [-0.39, 0.29) is 5.91 Å². The van der Waals surface area contributed by atoms with E-state index >= 15 is 0 Å². The molecular weight excluding hydrogens is 558 g/mol. The Hall–Kier alpha value is -4.24. The van der Waals surface area contributed by atoms with Gasteiger partial charge >= 0.3 is 0 Å². The van der Waals surface area contributed by atoms with E-state index in [2.05, 4.69) is 36.6 Å². The number of hydrogen-bond acceptors (Lipinski definition) is 7. The van der Waals surface area contributed by atoms with Crippen LogP contribution >= 0.6 is 11.8 Å². The Morgan fingerprint density at radius 1 is 1.00 bits per heavy atom. The lowest BCUT2D eigenvalue weighted by Crippen LogP contribution is -2.31. The van der Waals surface area contributed by atoms with Gasteiger partial charge in [-0.3, -0.25) is 4.79 Å². The average molecular weight is 598 g/mol. The van der Waals surface area contributed by atoms with Crippen molar-refractivity contribution >= 4 is 29.3 Å². The SMILES string of the molecule is CCCSc1nc2n(n1)C(c1ccc(OCc3cccc(C)c3)c(OCC)c1)C(C(=O)Nc1cccc(C)c1C)=C(C)N2. The van der Waals surface area contributed by atoms with Gasteiger partial charge in [0.25, 0.3) is 5.91 Å². The van der Waals surface area contributed by atoms with Gasteiger partial charge in [-0.1, -0.05) is 66.7 Å². The van der Waals surface area contributed by atoms with Crippen molar-refractivity contribution in [1.29, 1.82) is 0 Å². The maximum Gasteiger partial charge on any atom is 0.255 e. The molecule has 3 aromatic carbocycles. The predicted octanol–water partition coefficient (Wildman–Crippen LogP) is 7.61. The van der Waals surface area contributed by atoms with Crippen molar-refractivity contribution in [1.82, 2.24) is 14.8 Å². The first-order chi connectivity index (χ1) is 20.8. The molecular formula is C34H39N5O3S. The van der Waals surface area contributed by atoms with Crippen LogP contribution in [0.1, 0.15) is 61.1 Å². The second-order valence-electron chi connectivity index (χ2n) is 10.7. The highest BCUT2D eigenvalue weighted by Crippen LogP contribution is 2.40. The number of rotatable bonds is 11. The molecule has 4 aromatic rings. The number of nitrogens with one attached hydrogen (secondary N) is 2. The first-order valence-corrected chi connectivity index (χ1v) is 15.7. The number of hydrogen-bond donors (Lipinski definition) is 2. The minimum Gasteiger partial charge on any atom is -0.490 e. The van der Waals surface area contributed by atoms with E-state index in [1.54, 1.807) is 16.4 Å². The highest BCUT2D eigenvalue weighted by Gasteiger charge is 2.35. The third-order valence-corrected chi connectivity index (χ3v) is 8.47. The second kappa shape index (κ2) is 13.4. The van der Waals surface area contributed by atoms with Gasteiger partial charge in [-0.25, -0.2) is 4.68 Å². The largest absolute Gasteiger partial charge is 0.490 e. The number of anilines is 2. The number of carbonyl (C=O) groups excluding carboxylic acids is 1. The summed E-state index contributed by atoms with van der Waals surface area (Å²) < 4.78 is 14.1. The van der Waals surface area contributed by atoms with Crippen LogP contribution in [-0.2, 0) is 11.4 Å². The standard InChI is InChI=1S/C34H39N5O3S/c1-7-17-43-34-37-33-35-24(6)30(32(40)36-27-14-10-12-22(4)23(27)5)31(39(33)38-34)26-15-16-28(29(19-26)41-8-2)42-20-25-13-9-11-21(3)18-25/h9-16,18-19,31H,7-8,17,20H2,1-6H3,(H,36,40)(H,35,37,38). The van der Waals surface area contributed by atoms with Crippen LogP contribution < -0.4 is 20.1 Å². The van der Waals surface area contributed by atoms with Crippen molar-refractivity contribution in [2.45, 2.75) is 65.8 Å². The van der Waals surface area contributed by atoms with Crippen LogP contribution in [0.15, 0.2) is 77.1 Å². The number of ether oxygens (including phenoxy) is 2. The van der Waals surface area contributed by atoms with Gasteiger partial charge in [0.05, 0.1) is 12.2 Å². The van der Waals surface area contributed by atoms with Crippen molar-refractivity contribution in [3.05, 3.63) is 99.8 Å². The van der Waals surface area contributed by atoms with Crippen molar-refractivity contribution in [3.63, 3.8) is 0 Å². The Bertz CT molecular complexity index is 1660. The lowest BCUT2D eigenvalue weighted by atomic mass is 9.94. The summed E-state index contributed by atoms with van der Waals surface area (Å²) >= 11 is 1.60. The molecule has 2 heterocycles. The van der Waals surface area contributed by atoms with Crippen LogP contribution in [-0.4, -0.2) is 33.0 Å². The molecule has 5 rings (SSSR count). The number of nitrogens with zero attached hydrogens (tertiary/aromatic N) is 3. The Labute approximate surface area is 257 Å². The molecule has 1 atom stereocenters. The van der Waals surface area contributed by atoms with Crippen LogP contribution in [0, 0.1) is 20.8 Å². The predicted molar refractivity (Wildman–Crippen MR) is 173 cm³/mol. The zero-order chi connectivity index (χ0) is 30.5. The van der Waals surface area contributed by atoms with Gasteiger partial charge in [-0.05, 0) is 81.5 Å². The maximum atomic E-state index is 14.0. The molecule has 1 aliphatic rings. The van der Waals surface area contributed by atoms with Crippen LogP contribution in [0.3, 0.4) is 0 Å². The van der Waals surface area contributed by atoms with E-state index in [4.69, 9.17) is 19.6 Å². The molecule has 43 heavy (non-hydrogen) atoms. The number of allylic oxidation sites excluding steroid dienone is 1. The van der Waals surface area contributed by atoms with Crippen molar-refractivity contribution < 1.29 is 14.3 Å². The third-order valence-electron chi connectivity index (χ3n) is 7.43. The molecule has 0 saturated heterocycles. The first kappa shape index (κ1) is 30.2. The van der Waals surface area contributed by atoms with Crippen molar-refractivity contribution in [2.75, 3.05) is 23.0 Å². The van der Waals surface area contributed by atoms with Gasteiger partial charge in [0.2, 0.25) is 11.1 Å². The van der Waals surface area contributed by atoms with E-state index < -0.39 is 6.04 Å². The smallest absolute Gasteiger partial charge is 0.255 e. The molecule has 1 aliphatic heterocycles. The van der Waals surface area contributed by atoms with Crippen LogP contribution in [0.5, 0.6) is 11.5 Å². The van der Waals surface area contributed by atoms with Crippen LogP contribution in [0.2, 0.25) is 0 Å². The molecule has 1 amide bonds. The Morgan fingerprint density at radius 2 is 1.81 bits per heavy atom. The Balaban J connectivity index is 1.54. The average Bonchev–Trinajstić information content (AvgIpc) is 3.39. The quantitative estimate of drug-likeness (QED) is 0.172. The monoisotopic (exact) mass is 597 g/mol. The zero-order valence-corrected chi connectivity index (χ0v) is 26.5. The normalized spacial score (nSPS) is 14.2. The number of amides is 1. The lowest BCUT2D eigenvalue weighted by molar-refractivity contribution is -0.113. The van der Waals surface area contributed by atoms with Gasteiger partial charge in [0.1, 0.15) is 12.6 Å². The van der Waals surface area contributed by atoms with Gasteiger partial charge in [-0.2, -0.15) is 4.98 Å². The Kier molecular flexibility index (Phi) is 9.40. The summed E-state index contributed by atoms with van der Waals surface area (Å²) in [5.41, 5.74) is 7.31. The number of benzene rings is 3. The topological polar surface area (TPSA) is 90.3 Å². The van der Waals surface area contributed by atoms with E-state index in [9.17, 15) is 4.79 Å². The Morgan fingerprint density at radius 3 is 2.58 bits per heavy atom. The summed E-state index contributed by atoms with van der Waals surface area (Å²) in [5.74, 6) is 2.55. The van der Waals surface area contributed by atoms with Gasteiger partial charge in [-0.15, -0.1) is 5.10 Å². The summed E-state index contributed by atoms with van der Waals surface area (Å²) in [4.78, 5) is 18.8. The number of aromatic nitrogens is 3. The minimum atomic E-state index is -0.533.